The second-order valence-corrected chi connectivity index (χ2v) is 4.34. The van der Waals surface area contributed by atoms with E-state index in [1.807, 2.05) is 23.1 Å². The molecule has 1 amide bonds. The van der Waals surface area contributed by atoms with Gasteiger partial charge in [-0.1, -0.05) is 0 Å². The van der Waals surface area contributed by atoms with Gasteiger partial charge in [-0.15, -0.1) is 0 Å². The average Bonchev–Trinajstić information content (AvgIpc) is 2.17. The Morgan fingerprint density at radius 3 is 2.93 bits per heavy atom. The van der Waals surface area contributed by atoms with Gasteiger partial charge in [-0.2, -0.15) is 0 Å². The quantitative estimate of drug-likeness (QED) is 0.747. The lowest BCUT2D eigenvalue weighted by Gasteiger charge is -2.29. The normalized spacial score (nSPS) is 16.3. The van der Waals surface area contributed by atoms with Crippen molar-refractivity contribution >= 4 is 33.2 Å². The molecule has 1 fully saturated rings. The number of hydrogen-bond acceptors (Lipinski definition) is 3. The van der Waals surface area contributed by atoms with Crippen LogP contribution in [0.4, 0.5) is 11.4 Å². The molecular formula is C10H12BrN3O. The maximum Gasteiger partial charge on any atom is 0.239 e. The Balaban J connectivity index is 2.24. The molecule has 0 bridgehead atoms. The third-order valence-electron chi connectivity index (χ3n) is 2.35. The summed E-state index contributed by atoms with van der Waals surface area (Å²) in [5, 5.41) is 2.79. The van der Waals surface area contributed by atoms with Crippen LogP contribution in [-0.4, -0.2) is 25.5 Å². The Hall–Kier alpha value is -1.23. The fourth-order valence-corrected chi connectivity index (χ4v) is 2.27. The summed E-state index contributed by atoms with van der Waals surface area (Å²) < 4.78 is 0.928. The van der Waals surface area contributed by atoms with Gasteiger partial charge in [0.1, 0.15) is 0 Å². The number of nitrogen functional groups attached to an aromatic ring is 1. The first kappa shape index (κ1) is 10.3. The summed E-state index contributed by atoms with van der Waals surface area (Å²) >= 11 is 3.45. The molecule has 1 aliphatic rings. The second-order valence-electron chi connectivity index (χ2n) is 3.48. The molecular weight excluding hydrogens is 258 g/mol. The first-order valence-electron chi connectivity index (χ1n) is 4.73. The Morgan fingerprint density at radius 2 is 2.27 bits per heavy atom. The van der Waals surface area contributed by atoms with Crippen molar-refractivity contribution in [2.24, 2.45) is 0 Å². The summed E-state index contributed by atoms with van der Waals surface area (Å²) in [5.74, 6) is 0.0602. The van der Waals surface area contributed by atoms with Gasteiger partial charge in [0.15, 0.2) is 0 Å². The predicted molar refractivity (Wildman–Crippen MR) is 63.8 cm³/mol. The van der Waals surface area contributed by atoms with Crippen molar-refractivity contribution in [3.63, 3.8) is 0 Å². The molecule has 0 spiro atoms. The molecule has 0 atom stereocenters. The molecule has 4 nitrogen and oxygen atoms in total. The van der Waals surface area contributed by atoms with E-state index in [0.29, 0.717) is 18.8 Å². The van der Waals surface area contributed by atoms with Crippen molar-refractivity contribution in [3.8, 4) is 0 Å². The van der Waals surface area contributed by atoms with E-state index >= 15 is 0 Å². The molecule has 0 aliphatic carbocycles. The number of rotatable bonds is 1. The van der Waals surface area contributed by atoms with Crippen LogP contribution in [0.5, 0.6) is 0 Å². The summed E-state index contributed by atoms with van der Waals surface area (Å²) in [7, 11) is 0. The van der Waals surface area contributed by atoms with Gasteiger partial charge in [-0.3, -0.25) is 4.79 Å². The molecule has 0 radical (unpaired) electrons. The van der Waals surface area contributed by atoms with Crippen LogP contribution in [0.25, 0.3) is 0 Å². The summed E-state index contributed by atoms with van der Waals surface area (Å²) in [6.45, 7) is 1.92. The van der Waals surface area contributed by atoms with Crippen molar-refractivity contribution in [1.29, 1.82) is 0 Å². The zero-order valence-corrected chi connectivity index (χ0v) is 9.75. The van der Waals surface area contributed by atoms with Gasteiger partial charge in [0.25, 0.3) is 0 Å². The lowest BCUT2D eigenvalue weighted by molar-refractivity contribution is -0.120. The minimum Gasteiger partial charge on any atom is -0.399 e. The molecule has 80 valence electrons. The lowest BCUT2D eigenvalue weighted by atomic mass is 10.2. The van der Waals surface area contributed by atoms with Gasteiger partial charge in [0.05, 0.1) is 12.2 Å². The minimum atomic E-state index is 0.0602. The van der Waals surface area contributed by atoms with E-state index in [1.54, 1.807) is 0 Å². The summed E-state index contributed by atoms with van der Waals surface area (Å²) in [6.07, 6.45) is 0. The molecule has 0 saturated carbocycles. The Labute approximate surface area is 96.6 Å². The third-order valence-corrected chi connectivity index (χ3v) is 2.99. The Bertz CT molecular complexity index is 394. The molecule has 1 aromatic carbocycles. The topological polar surface area (TPSA) is 58.4 Å². The van der Waals surface area contributed by atoms with Gasteiger partial charge in [-0.05, 0) is 34.1 Å². The number of halogens is 1. The van der Waals surface area contributed by atoms with Gasteiger partial charge >= 0.3 is 0 Å². The molecule has 1 aromatic rings. The Kier molecular flexibility index (Phi) is 2.81. The van der Waals surface area contributed by atoms with Crippen LogP contribution in [0.3, 0.4) is 0 Å². The predicted octanol–water partition coefficient (Wildman–Crippen LogP) is 0.967. The molecule has 0 unspecified atom stereocenters. The molecule has 15 heavy (non-hydrogen) atoms. The van der Waals surface area contributed by atoms with E-state index in [9.17, 15) is 4.79 Å². The highest BCUT2D eigenvalue weighted by molar-refractivity contribution is 9.10. The van der Waals surface area contributed by atoms with Crippen molar-refractivity contribution in [3.05, 3.63) is 22.7 Å². The second kappa shape index (κ2) is 4.10. The van der Waals surface area contributed by atoms with Crippen LogP contribution < -0.4 is 16.0 Å². The zero-order valence-electron chi connectivity index (χ0n) is 8.16. The highest BCUT2D eigenvalue weighted by atomic mass is 79.9. The lowest BCUT2D eigenvalue weighted by Crippen LogP contribution is -2.47. The third kappa shape index (κ3) is 2.23. The first-order chi connectivity index (χ1) is 7.16. The average molecular weight is 270 g/mol. The number of nitrogens with two attached hydrogens (primary N) is 1. The number of carbonyl (C=O) groups is 1. The molecule has 1 heterocycles. The zero-order chi connectivity index (χ0) is 10.8. The monoisotopic (exact) mass is 269 g/mol. The number of benzene rings is 1. The van der Waals surface area contributed by atoms with Crippen molar-refractivity contribution in [1.82, 2.24) is 5.32 Å². The van der Waals surface area contributed by atoms with E-state index in [2.05, 4.69) is 21.2 Å². The molecule has 5 heteroatoms. The Morgan fingerprint density at radius 1 is 1.47 bits per heavy atom. The first-order valence-corrected chi connectivity index (χ1v) is 5.53. The van der Waals surface area contributed by atoms with Crippen LogP contribution in [0.2, 0.25) is 0 Å². The molecule has 0 aromatic heterocycles. The van der Waals surface area contributed by atoms with E-state index < -0.39 is 0 Å². The van der Waals surface area contributed by atoms with Gasteiger partial charge in [-0.25, -0.2) is 0 Å². The maximum atomic E-state index is 11.2. The van der Waals surface area contributed by atoms with Crippen molar-refractivity contribution in [2.45, 2.75) is 0 Å². The van der Waals surface area contributed by atoms with E-state index in [4.69, 9.17) is 5.73 Å². The highest BCUT2D eigenvalue weighted by Crippen LogP contribution is 2.28. The standard InChI is InChI=1S/C10H12BrN3O/c11-8-5-7(12)1-2-9(8)14-4-3-13-10(15)6-14/h1-2,5H,3-4,6,12H2,(H,13,15). The fourth-order valence-electron chi connectivity index (χ4n) is 1.62. The molecule has 1 aliphatic heterocycles. The summed E-state index contributed by atoms with van der Waals surface area (Å²) in [4.78, 5) is 13.3. The molecule has 3 N–H and O–H groups in total. The summed E-state index contributed by atoms with van der Waals surface area (Å²) in [6, 6.07) is 5.62. The minimum absolute atomic E-state index is 0.0602. The fraction of sp³-hybridized carbons (Fsp3) is 0.300. The van der Waals surface area contributed by atoms with E-state index in [1.165, 1.54) is 0 Å². The van der Waals surface area contributed by atoms with Crippen LogP contribution in [0.15, 0.2) is 22.7 Å². The van der Waals surface area contributed by atoms with Crippen LogP contribution >= 0.6 is 15.9 Å². The van der Waals surface area contributed by atoms with Gasteiger partial charge < -0.3 is 16.0 Å². The van der Waals surface area contributed by atoms with Crippen LogP contribution in [0.1, 0.15) is 0 Å². The number of carbonyl (C=O) groups excluding carboxylic acids is 1. The smallest absolute Gasteiger partial charge is 0.239 e. The number of piperazine rings is 1. The highest BCUT2D eigenvalue weighted by Gasteiger charge is 2.18. The number of nitrogens with zero attached hydrogens (tertiary/aromatic N) is 1. The number of hydrogen-bond donors (Lipinski definition) is 2. The number of anilines is 2. The number of nitrogens with one attached hydrogen (secondary N) is 1. The van der Waals surface area contributed by atoms with Crippen LogP contribution in [-0.2, 0) is 4.79 Å². The van der Waals surface area contributed by atoms with Crippen LogP contribution in [0, 0.1) is 0 Å². The largest absolute Gasteiger partial charge is 0.399 e. The maximum absolute atomic E-state index is 11.2. The van der Waals surface area contributed by atoms with Crippen molar-refractivity contribution < 1.29 is 4.79 Å². The SMILES string of the molecule is Nc1ccc(N2CCNC(=O)C2)c(Br)c1. The van der Waals surface area contributed by atoms with Gasteiger partial charge in [0.2, 0.25) is 5.91 Å². The number of amides is 1. The van der Waals surface area contributed by atoms with Crippen molar-refractivity contribution in [2.75, 3.05) is 30.3 Å². The molecule has 2 rings (SSSR count). The van der Waals surface area contributed by atoms with Gasteiger partial charge in [0, 0.05) is 23.2 Å². The van der Waals surface area contributed by atoms with E-state index in [0.717, 1.165) is 16.7 Å². The van der Waals surface area contributed by atoms with E-state index in [-0.39, 0.29) is 5.91 Å². The summed E-state index contributed by atoms with van der Waals surface area (Å²) in [5.41, 5.74) is 7.38. The molecule has 1 saturated heterocycles.